The molecule has 0 aromatic heterocycles. The van der Waals surface area contributed by atoms with Gasteiger partial charge in [0, 0.05) is 25.4 Å². The van der Waals surface area contributed by atoms with Crippen LogP contribution in [0.15, 0.2) is 91.0 Å². The van der Waals surface area contributed by atoms with E-state index in [-0.39, 0.29) is 16.7 Å². The van der Waals surface area contributed by atoms with Crippen LogP contribution in [-0.4, -0.2) is 17.9 Å². The van der Waals surface area contributed by atoms with Gasteiger partial charge in [-0.05, 0) is 52.7 Å². The Hall–Kier alpha value is -3.38. The predicted octanol–water partition coefficient (Wildman–Crippen LogP) is 9.82. The second-order valence-electron chi connectivity index (χ2n) is 13.9. The summed E-state index contributed by atoms with van der Waals surface area (Å²) in [5.41, 5.74) is 1.94. The van der Waals surface area contributed by atoms with E-state index in [9.17, 15) is 10.1 Å². The van der Waals surface area contributed by atoms with Crippen molar-refractivity contribution in [2.45, 2.75) is 92.5 Å². The van der Waals surface area contributed by atoms with E-state index in [1.165, 1.54) is 11.1 Å². The van der Waals surface area contributed by atoms with Crippen LogP contribution in [-0.2, 0) is 16.8 Å². The first-order valence-corrected chi connectivity index (χ1v) is 15.6. The topological polar surface area (TPSA) is 44.1 Å². The van der Waals surface area contributed by atoms with E-state index in [0.29, 0.717) is 31.7 Å². The number of carbonyl (C=O) groups excluding carboxylic acids is 1. The van der Waals surface area contributed by atoms with Crippen LogP contribution in [0.3, 0.4) is 0 Å². The summed E-state index contributed by atoms with van der Waals surface area (Å²) in [4.78, 5) is 16.7. The van der Waals surface area contributed by atoms with Gasteiger partial charge in [0.15, 0.2) is 0 Å². The number of carbonyl (C=O) groups is 1. The van der Waals surface area contributed by atoms with Crippen molar-refractivity contribution in [3.8, 4) is 6.07 Å². The van der Waals surface area contributed by atoms with E-state index >= 15 is 0 Å². The standard InChI is InChI=1S/C39H52N2O/c1-9-31(2)28-39(33-22-15-11-16-23-33,34-24-17-12-18-25-34)37(5,6)30-38(7,36(3,4)26-19-27-40)35(42)41(8)29-32-20-13-10-14-21-32/h10-18,20-25,31H,9,19,26,28-30H2,1-8H3. The number of benzene rings is 3. The molecule has 0 N–H and O–H groups in total. The lowest BCUT2D eigenvalue weighted by Crippen LogP contribution is -2.55. The van der Waals surface area contributed by atoms with Gasteiger partial charge in [0.2, 0.25) is 5.91 Å². The number of hydrogen-bond donors (Lipinski definition) is 0. The van der Waals surface area contributed by atoms with Crippen LogP contribution in [0.4, 0.5) is 0 Å². The average molecular weight is 565 g/mol. The second kappa shape index (κ2) is 13.7. The quantitative estimate of drug-likeness (QED) is 0.196. The van der Waals surface area contributed by atoms with Crippen molar-refractivity contribution < 1.29 is 4.79 Å². The van der Waals surface area contributed by atoms with Gasteiger partial charge >= 0.3 is 0 Å². The zero-order valence-corrected chi connectivity index (χ0v) is 27.3. The van der Waals surface area contributed by atoms with Gasteiger partial charge in [-0.15, -0.1) is 0 Å². The van der Waals surface area contributed by atoms with Gasteiger partial charge < -0.3 is 4.90 Å². The summed E-state index contributed by atoms with van der Waals surface area (Å²) in [5.74, 6) is 0.625. The number of nitriles is 1. The van der Waals surface area contributed by atoms with E-state index in [2.05, 4.69) is 127 Å². The lowest BCUT2D eigenvalue weighted by molar-refractivity contribution is -0.152. The van der Waals surface area contributed by atoms with Gasteiger partial charge in [-0.1, -0.05) is 146 Å². The van der Waals surface area contributed by atoms with Crippen LogP contribution in [0.25, 0.3) is 0 Å². The summed E-state index contributed by atoms with van der Waals surface area (Å²) in [7, 11) is 1.93. The summed E-state index contributed by atoms with van der Waals surface area (Å²) in [5, 5.41) is 9.58. The maximum Gasteiger partial charge on any atom is 0.229 e. The molecule has 0 aliphatic carbocycles. The van der Waals surface area contributed by atoms with Gasteiger partial charge in [-0.2, -0.15) is 5.26 Å². The summed E-state index contributed by atoms with van der Waals surface area (Å²) < 4.78 is 0. The maximum atomic E-state index is 14.8. The molecule has 3 aromatic carbocycles. The molecule has 2 atom stereocenters. The molecule has 3 rings (SSSR count). The normalized spacial score (nSPS) is 14.5. The Morgan fingerprint density at radius 1 is 0.810 bits per heavy atom. The Labute approximate surface area is 256 Å². The Bertz CT molecular complexity index is 1270. The molecule has 3 aromatic rings. The van der Waals surface area contributed by atoms with Crippen molar-refractivity contribution in [2.24, 2.45) is 22.2 Å². The molecular formula is C39H52N2O. The Morgan fingerprint density at radius 3 is 1.74 bits per heavy atom. The highest BCUT2D eigenvalue weighted by molar-refractivity contribution is 5.83. The number of amides is 1. The molecule has 0 spiro atoms. The summed E-state index contributed by atoms with van der Waals surface area (Å²) in [6.07, 6.45) is 3.83. The molecule has 3 heteroatoms. The van der Waals surface area contributed by atoms with Gasteiger partial charge in [0.25, 0.3) is 0 Å². The summed E-state index contributed by atoms with van der Waals surface area (Å²) in [6, 6.07) is 34.4. The monoisotopic (exact) mass is 564 g/mol. The van der Waals surface area contributed by atoms with Gasteiger partial charge in [0.1, 0.15) is 0 Å². The minimum atomic E-state index is -0.721. The summed E-state index contributed by atoms with van der Waals surface area (Å²) >= 11 is 0. The highest BCUT2D eigenvalue weighted by Gasteiger charge is 2.56. The minimum Gasteiger partial charge on any atom is -0.341 e. The lowest BCUT2D eigenvalue weighted by Gasteiger charge is -2.55. The van der Waals surface area contributed by atoms with Crippen LogP contribution < -0.4 is 0 Å². The highest BCUT2D eigenvalue weighted by atomic mass is 16.2. The highest BCUT2D eigenvalue weighted by Crippen LogP contribution is 2.59. The number of rotatable bonds is 14. The first kappa shape index (κ1) is 33.1. The van der Waals surface area contributed by atoms with Crippen molar-refractivity contribution >= 4 is 5.91 Å². The Kier molecular flexibility index (Phi) is 10.8. The molecule has 0 saturated carbocycles. The molecule has 1 amide bonds. The molecule has 224 valence electrons. The minimum absolute atomic E-state index is 0.140. The van der Waals surface area contributed by atoms with Crippen LogP contribution in [0, 0.1) is 33.5 Å². The lowest BCUT2D eigenvalue weighted by atomic mass is 9.48. The largest absolute Gasteiger partial charge is 0.341 e. The first-order chi connectivity index (χ1) is 19.8. The molecule has 0 heterocycles. The van der Waals surface area contributed by atoms with E-state index in [0.717, 1.165) is 18.4 Å². The fourth-order valence-electron chi connectivity index (χ4n) is 7.21. The van der Waals surface area contributed by atoms with Crippen molar-refractivity contribution in [2.75, 3.05) is 7.05 Å². The third kappa shape index (κ3) is 6.81. The Morgan fingerprint density at radius 2 is 1.29 bits per heavy atom. The van der Waals surface area contributed by atoms with Crippen LogP contribution in [0.1, 0.15) is 97.3 Å². The van der Waals surface area contributed by atoms with Crippen molar-refractivity contribution in [3.63, 3.8) is 0 Å². The molecule has 0 saturated heterocycles. The zero-order chi connectivity index (χ0) is 31.0. The average Bonchev–Trinajstić information content (AvgIpc) is 2.99. The summed E-state index contributed by atoms with van der Waals surface area (Å²) in [6.45, 7) is 16.5. The zero-order valence-electron chi connectivity index (χ0n) is 27.3. The van der Waals surface area contributed by atoms with Crippen molar-refractivity contribution in [3.05, 3.63) is 108 Å². The van der Waals surface area contributed by atoms with Gasteiger partial charge in [-0.25, -0.2) is 0 Å². The van der Waals surface area contributed by atoms with E-state index in [1.54, 1.807) is 0 Å². The molecular weight excluding hydrogens is 512 g/mol. The molecule has 0 aliphatic heterocycles. The van der Waals surface area contributed by atoms with E-state index in [1.807, 2.05) is 30.1 Å². The fourth-order valence-corrected chi connectivity index (χ4v) is 7.21. The molecule has 0 radical (unpaired) electrons. The van der Waals surface area contributed by atoms with Crippen molar-refractivity contribution in [1.82, 2.24) is 4.90 Å². The third-order valence-corrected chi connectivity index (χ3v) is 10.3. The van der Waals surface area contributed by atoms with Gasteiger partial charge in [-0.3, -0.25) is 4.79 Å². The molecule has 2 unspecified atom stereocenters. The van der Waals surface area contributed by atoms with Gasteiger partial charge in [0.05, 0.1) is 11.5 Å². The van der Waals surface area contributed by atoms with Crippen molar-refractivity contribution in [1.29, 1.82) is 5.26 Å². The molecule has 0 aliphatic rings. The maximum absolute atomic E-state index is 14.8. The first-order valence-electron chi connectivity index (χ1n) is 15.6. The fraction of sp³-hybridized carbons (Fsp3) is 0.487. The number of hydrogen-bond acceptors (Lipinski definition) is 2. The SMILES string of the molecule is CCC(C)CC(c1ccccc1)(c1ccccc1)C(C)(C)CC(C)(C(=O)N(C)Cc1ccccc1)C(C)(C)CCC#N. The molecule has 0 bridgehead atoms. The predicted molar refractivity (Wildman–Crippen MR) is 176 cm³/mol. The van der Waals surface area contributed by atoms with E-state index < -0.39 is 10.8 Å². The Balaban J connectivity index is 2.23. The van der Waals surface area contributed by atoms with Crippen LogP contribution in [0.2, 0.25) is 0 Å². The van der Waals surface area contributed by atoms with E-state index in [4.69, 9.17) is 0 Å². The molecule has 42 heavy (non-hydrogen) atoms. The number of nitrogens with zero attached hydrogens (tertiary/aromatic N) is 2. The second-order valence-corrected chi connectivity index (χ2v) is 13.9. The van der Waals surface area contributed by atoms with Crippen LogP contribution in [0.5, 0.6) is 0 Å². The third-order valence-electron chi connectivity index (χ3n) is 10.3. The smallest absolute Gasteiger partial charge is 0.229 e. The molecule has 0 fully saturated rings. The van der Waals surface area contributed by atoms with Crippen LogP contribution >= 0.6 is 0 Å². The molecule has 3 nitrogen and oxygen atoms in total.